The molecule has 0 heterocycles. The van der Waals surface area contributed by atoms with Gasteiger partial charge in [0.2, 0.25) is 0 Å². The number of benzene rings is 2. The minimum absolute atomic E-state index is 0.0816. The van der Waals surface area contributed by atoms with Crippen LogP contribution in [0.3, 0.4) is 0 Å². The molecule has 4 aliphatic rings. The number of aliphatic carboxylic acids is 1. The molecule has 5 nitrogen and oxygen atoms in total. The van der Waals surface area contributed by atoms with Crippen molar-refractivity contribution in [1.82, 2.24) is 5.32 Å². The molecule has 2 aromatic carbocycles. The summed E-state index contributed by atoms with van der Waals surface area (Å²) >= 11 is 0. The Morgan fingerprint density at radius 1 is 0.903 bits per heavy atom. The Balaban J connectivity index is 1.01. The van der Waals surface area contributed by atoms with Gasteiger partial charge in [-0.25, -0.2) is 4.79 Å². The number of hydrogen-bond acceptors (Lipinski definition) is 3. The van der Waals surface area contributed by atoms with Crippen molar-refractivity contribution in [1.29, 1.82) is 0 Å². The molecule has 1 amide bonds. The van der Waals surface area contributed by atoms with Crippen LogP contribution in [0.5, 0.6) is 0 Å². The summed E-state index contributed by atoms with van der Waals surface area (Å²) in [6.07, 6.45) is 5.61. The van der Waals surface area contributed by atoms with Crippen molar-refractivity contribution in [2.75, 3.05) is 6.61 Å². The van der Waals surface area contributed by atoms with Crippen LogP contribution in [0.15, 0.2) is 48.5 Å². The summed E-state index contributed by atoms with van der Waals surface area (Å²) in [5, 5.41) is 12.2. The molecule has 2 spiro atoms. The lowest BCUT2D eigenvalue weighted by molar-refractivity contribution is -0.187. The summed E-state index contributed by atoms with van der Waals surface area (Å²) < 4.78 is 5.66. The quantitative estimate of drug-likeness (QED) is 0.738. The van der Waals surface area contributed by atoms with E-state index in [4.69, 9.17) is 9.84 Å². The average molecular weight is 418 g/mol. The van der Waals surface area contributed by atoms with Gasteiger partial charge in [-0.15, -0.1) is 0 Å². The minimum atomic E-state index is -0.644. The zero-order valence-electron chi connectivity index (χ0n) is 17.5. The largest absolute Gasteiger partial charge is 0.481 e. The molecule has 0 unspecified atom stereocenters. The van der Waals surface area contributed by atoms with Gasteiger partial charge in [0.25, 0.3) is 0 Å². The highest BCUT2D eigenvalue weighted by atomic mass is 16.5. The number of rotatable bonds is 4. The Bertz CT molecular complexity index is 1010. The second kappa shape index (κ2) is 6.59. The highest BCUT2D eigenvalue weighted by Gasteiger charge is 2.64. The first-order valence-electron chi connectivity index (χ1n) is 11.3. The third-order valence-electron chi connectivity index (χ3n) is 8.23. The standard InChI is InChI=1S/C26H27NO4/c28-23(29)16-9-25(10-16)14-26(15-25)11-17(12-26)27-24(30)31-13-22-20-7-3-1-5-18(20)19-6-2-4-8-21(19)22/h1-8,16-17,22H,9-15H2,(H,27,30)(H,28,29). The number of amides is 1. The van der Waals surface area contributed by atoms with Crippen LogP contribution in [-0.4, -0.2) is 29.8 Å². The molecule has 0 saturated heterocycles. The van der Waals surface area contributed by atoms with E-state index in [1.807, 2.05) is 24.3 Å². The van der Waals surface area contributed by atoms with Gasteiger partial charge >= 0.3 is 12.1 Å². The van der Waals surface area contributed by atoms with E-state index in [-0.39, 0.29) is 29.4 Å². The molecule has 3 saturated carbocycles. The molecule has 0 aromatic heterocycles. The smallest absolute Gasteiger partial charge is 0.407 e. The number of carbonyl (C=O) groups is 2. The zero-order valence-corrected chi connectivity index (χ0v) is 17.5. The van der Waals surface area contributed by atoms with Crippen LogP contribution in [0.2, 0.25) is 0 Å². The van der Waals surface area contributed by atoms with Crippen molar-refractivity contribution in [3.8, 4) is 11.1 Å². The van der Waals surface area contributed by atoms with Gasteiger partial charge in [0.1, 0.15) is 6.61 Å². The van der Waals surface area contributed by atoms with E-state index in [0.29, 0.717) is 12.0 Å². The highest BCUT2D eigenvalue weighted by Crippen LogP contribution is 2.72. The summed E-state index contributed by atoms with van der Waals surface area (Å²) in [7, 11) is 0. The number of nitrogens with one attached hydrogen (secondary N) is 1. The Labute approximate surface area is 181 Å². The predicted molar refractivity (Wildman–Crippen MR) is 116 cm³/mol. The fourth-order valence-electron chi connectivity index (χ4n) is 7.17. The minimum Gasteiger partial charge on any atom is -0.481 e. The lowest BCUT2D eigenvalue weighted by atomic mass is 9.37. The monoisotopic (exact) mass is 417 g/mol. The normalized spacial score (nSPS) is 32.4. The highest BCUT2D eigenvalue weighted by molar-refractivity contribution is 5.79. The van der Waals surface area contributed by atoms with Crippen LogP contribution < -0.4 is 5.32 Å². The van der Waals surface area contributed by atoms with E-state index in [9.17, 15) is 9.59 Å². The van der Waals surface area contributed by atoms with Crippen LogP contribution in [0.1, 0.15) is 55.6 Å². The molecule has 3 fully saturated rings. The molecule has 31 heavy (non-hydrogen) atoms. The summed E-state index contributed by atoms with van der Waals surface area (Å²) in [4.78, 5) is 23.5. The molecule has 0 aliphatic heterocycles. The van der Waals surface area contributed by atoms with Gasteiger partial charge in [-0.3, -0.25) is 4.79 Å². The van der Waals surface area contributed by atoms with Crippen LogP contribution in [-0.2, 0) is 9.53 Å². The lowest BCUT2D eigenvalue weighted by Gasteiger charge is -2.68. The Morgan fingerprint density at radius 3 is 2.03 bits per heavy atom. The Morgan fingerprint density at radius 2 is 1.45 bits per heavy atom. The Hall–Kier alpha value is -2.82. The Kier molecular flexibility index (Phi) is 4.02. The molecule has 5 heteroatoms. The van der Waals surface area contributed by atoms with Crippen LogP contribution >= 0.6 is 0 Å². The molecule has 0 bridgehead atoms. The third-order valence-corrected chi connectivity index (χ3v) is 8.23. The molecular weight excluding hydrogens is 390 g/mol. The summed E-state index contributed by atoms with van der Waals surface area (Å²) in [5.41, 5.74) is 5.53. The van der Waals surface area contributed by atoms with Crippen LogP contribution in [0.25, 0.3) is 11.1 Å². The van der Waals surface area contributed by atoms with Gasteiger partial charge in [0.05, 0.1) is 5.92 Å². The maximum absolute atomic E-state index is 12.5. The van der Waals surface area contributed by atoms with Crippen molar-refractivity contribution < 1.29 is 19.4 Å². The van der Waals surface area contributed by atoms with Gasteiger partial charge in [0.15, 0.2) is 0 Å². The average Bonchev–Trinajstić information content (AvgIpc) is 2.99. The maximum atomic E-state index is 12.5. The van der Waals surface area contributed by atoms with Crippen molar-refractivity contribution in [2.45, 2.75) is 50.5 Å². The third kappa shape index (κ3) is 2.97. The van der Waals surface area contributed by atoms with Crippen LogP contribution in [0.4, 0.5) is 4.79 Å². The number of carbonyl (C=O) groups excluding carboxylic acids is 1. The molecule has 2 N–H and O–H groups in total. The van der Waals surface area contributed by atoms with Crippen molar-refractivity contribution in [3.05, 3.63) is 59.7 Å². The molecule has 6 rings (SSSR count). The number of carboxylic acids is 1. The number of carboxylic acid groups (broad SMARTS) is 1. The zero-order chi connectivity index (χ0) is 21.2. The van der Waals surface area contributed by atoms with Crippen molar-refractivity contribution in [3.63, 3.8) is 0 Å². The van der Waals surface area contributed by atoms with E-state index in [0.717, 1.165) is 38.5 Å². The van der Waals surface area contributed by atoms with Gasteiger partial charge < -0.3 is 15.2 Å². The van der Waals surface area contributed by atoms with E-state index >= 15 is 0 Å². The number of hydrogen-bond donors (Lipinski definition) is 2. The fraction of sp³-hybridized carbons (Fsp3) is 0.462. The number of alkyl carbamates (subject to hydrolysis) is 1. The topological polar surface area (TPSA) is 75.6 Å². The molecular formula is C26H27NO4. The van der Waals surface area contributed by atoms with E-state index < -0.39 is 5.97 Å². The van der Waals surface area contributed by atoms with Gasteiger partial charge in [-0.05, 0) is 71.6 Å². The SMILES string of the molecule is O=C(NC1CC2(C1)CC1(CC(C(=O)O)C1)C2)OCC1c2ccccc2-c2ccccc21. The van der Waals surface area contributed by atoms with Crippen LogP contribution in [0, 0.1) is 16.7 Å². The first-order valence-corrected chi connectivity index (χ1v) is 11.3. The second-order valence-electron chi connectivity index (χ2n) is 10.4. The maximum Gasteiger partial charge on any atom is 0.407 e. The molecule has 4 aliphatic carbocycles. The summed E-state index contributed by atoms with van der Waals surface area (Å²) in [6.45, 7) is 0.345. The number of fused-ring (bicyclic) bond motifs is 3. The fourth-order valence-corrected chi connectivity index (χ4v) is 7.17. The molecule has 0 atom stereocenters. The van der Waals surface area contributed by atoms with E-state index in [1.54, 1.807) is 0 Å². The first-order chi connectivity index (χ1) is 15.0. The molecule has 2 aromatic rings. The second-order valence-corrected chi connectivity index (χ2v) is 10.4. The van der Waals surface area contributed by atoms with Gasteiger partial charge in [0, 0.05) is 12.0 Å². The van der Waals surface area contributed by atoms with Gasteiger partial charge in [-0.1, -0.05) is 48.5 Å². The van der Waals surface area contributed by atoms with Crippen molar-refractivity contribution >= 4 is 12.1 Å². The first kappa shape index (κ1) is 18.9. The van der Waals surface area contributed by atoms with Crippen molar-refractivity contribution in [2.24, 2.45) is 16.7 Å². The lowest BCUT2D eigenvalue weighted by Crippen LogP contribution is -2.63. The van der Waals surface area contributed by atoms with E-state index in [2.05, 4.69) is 29.6 Å². The number of ether oxygens (including phenoxy) is 1. The summed E-state index contributed by atoms with van der Waals surface area (Å²) in [5.74, 6) is -0.694. The molecule has 0 radical (unpaired) electrons. The van der Waals surface area contributed by atoms with E-state index in [1.165, 1.54) is 22.3 Å². The van der Waals surface area contributed by atoms with Gasteiger partial charge in [-0.2, -0.15) is 0 Å². The molecule has 160 valence electrons. The predicted octanol–water partition coefficient (Wildman–Crippen LogP) is 4.95. The summed E-state index contributed by atoms with van der Waals surface area (Å²) in [6, 6.07) is 16.9.